The van der Waals surface area contributed by atoms with Crippen LogP contribution in [0, 0.1) is 0 Å². The zero-order valence-electron chi connectivity index (χ0n) is 20.6. The molecule has 184 valence electrons. The number of rotatable bonds is 11. The first kappa shape index (κ1) is 25.4. The number of benzene rings is 2. The van der Waals surface area contributed by atoms with E-state index >= 15 is 0 Å². The van der Waals surface area contributed by atoms with Gasteiger partial charge in [0.05, 0.1) is 21.3 Å². The molecule has 1 fully saturated rings. The van der Waals surface area contributed by atoms with E-state index in [1.807, 2.05) is 42.5 Å². The second-order valence-electron chi connectivity index (χ2n) is 8.73. The molecule has 1 aliphatic rings. The molecular weight excluding hydrogens is 432 g/mol. The number of ether oxygens (including phenoxy) is 3. The Balaban J connectivity index is 1.74. The first-order valence-electron chi connectivity index (χ1n) is 11.9. The maximum atomic E-state index is 13.4. The van der Waals surface area contributed by atoms with Gasteiger partial charge in [0, 0.05) is 19.0 Å². The van der Waals surface area contributed by atoms with Crippen LogP contribution in [0.1, 0.15) is 50.2 Å². The fraction of sp³-hybridized carbons (Fsp3) is 0.481. The number of carbonyl (C=O) groups is 2. The Hall–Kier alpha value is -3.22. The van der Waals surface area contributed by atoms with E-state index in [0.29, 0.717) is 24.5 Å². The van der Waals surface area contributed by atoms with Gasteiger partial charge in [0.15, 0.2) is 11.5 Å². The highest BCUT2D eigenvalue weighted by molar-refractivity contribution is 5.87. The predicted octanol–water partition coefficient (Wildman–Crippen LogP) is 4.12. The lowest BCUT2D eigenvalue weighted by molar-refractivity contribution is -0.140. The number of nitrogens with zero attached hydrogens (tertiary/aromatic N) is 1. The second kappa shape index (κ2) is 12.3. The van der Waals surface area contributed by atoms with Gasteiger partial charge in [-0.2, -0.15) is 0 Å². The molecule has 0 aromatic heterocycles. The molecule has 0 bridgehead atoms. The first-order valence-corrected chi connectivity index (χ1v) is 11.9. The van der Waals surface area contributed by atoms with Crippen molar-refractivity contribution in [1.82, 2.24) is 10.2 Å². The highest BCUT2D eigenvalue weighted by atomic mass is 16.5. The summed E-state index contributed by atoms with van der Waals surface area (Å²) in [5, 5.41) is 3.14. The van der Waals surface area contributed by atoms with Gasteiger partial charge in [-0.15, -0.1) is 0 Å². The second-order valence-corrected chi connectivity index (χ2v) is 8.73. The number of amides is 2. The number of aryl methyl sites for hydroxylation is 1. The fourth-order valence-corrected chi connectivity index (χ4v) is 4.37. The average molecular weight is 469 g/mol. The monoisotopic (exact) mass is 468 g/mol. The van der Waals surface area contributed by atoms with Gasteiger partial charge >= 0.3 is 0 Å². The zero-order valence-corrected chi connectivity index (χ0v) is 20.6. The van der Waals surface area contributed by atoms with E-state index in [-0.39, 0.29) is 24.3 Å². The van der Waals surface area contributed by atoms with Crippen LogP contribution in [0.3, 0.4) is 0 Å². The van der Waals surface area contributed by atoms with E-state index < -0.39 is 6.04 Å². The Kier molecular flexibility index (Phi) is 9.19. The molecule has 1 atom stereocenters. The normalized spacial score (nSPS) is 14.4. The summed E-state index contributed by atoms with van der Waals surface area (Å²) >= 11 is 0. The van der Waals surface area contributed by atoms with Gasteiger partial charge in [-0.3, -0.25) is 9.59 Å². The minimum Gasteiger partial charge on any atom is -0.497 e. The molecule has 1 saturated carbocycles. The van der Waals surface area contributed by atoms with Crippen molar-refractivity contribution in [1.29, 1.82) is 0 Å². The summed E-state index contributed by atoms with van der Waals surface area (Å²) in [4.78, 5) is 28.1. The van der Waals surface area contributed by atoms with Gasteiger partial charge in [0.25, 0.3) is 0 Å². The number of hydrogen-bond donors (Lipinski definition) is 1. The molecule has 0 aliphatic heterocycles. The van der Waals surface area contributed by atoms with Crippen molar-refractivity contribution in [2.75, 3.05) is 21.3 Å². The summed E-state index contributed by atoms with van der Waals surface area (Å²) in [6, 6.07) is 12.9. The maximum Gasteiger partial charge on any atom is 0.242 e. The summed E-state index contributed by atoms with van der Waals surface area (Å²) in [7, 11) is 4.80. The summed E-state index contributed by atoms with van der Waals surface area (Å²) < 4.78 is 16.0. The van der Waals surface area contributed by atoms with E-state index in [1.165, 1.54) is 0 Å². The van der Waals surface area contributed by atoms with E-state index in [4.69, 9.17) is 14.2 Å². The average Bonchev–Trinajstić information content (AvgIpc) is 3.38. The number of hydrogen-bond acceptors (Lipinski definition) is 5. The molecule has 1 aliphatic carbocycles. The number of carbonyl (C=O) groups excluding carboxylic acids is 2. The molecule has 7 heteroatoms. The molecule has 0 unspecified atom stereocenters. The van der Waals surface area contributed by atoms with Gasteiger partial charge in [-0.1, -0.05) is 31.0 Å². The fourth-order valence-electron chi connectivity index (χ4n) is 4.37. The molecule has 2 amide bonds. The molecule has 0 radical (unpaired) electrons. The highest BCUT2D eigenvalue weighted by Gasteiger charge is 2.28. The Morgan fingerprint density at radius 2 is 1.71 bits per heavy atom. The number of nitrogens with one attached hydrogen (secondary N) is 1. The predicted molar refractivity (Wildman–Crippen MR) is 131 cm³/mol. The Morgan fingerprint density at radius 1 is 0.971 bits per heavy atom. The number of methoxy groups -OCH3 is 3. The lowest BCUT2D eigenvalue weighted by atomic mass is 10.1. The van der Waals surface area contributed by atoms with Gasteiger partial charge in [-0.25, -0.2) is 0 Å². The minimum absolute atomic E-state index is 0.0772. The lowest BCUT2D eigenvalue weighted by Crippen LogP contribution is -2.49. The van der Waals surface area contributed by atoms with Crippen LogP contribution in [-0.4, -0.2) is 50.1 Å². The van der Waals surface area contributed by atoms with Crippen molar-refractivity contribution in [2.45, 2.75) is 64.1 Å². The van der Waals surface area contributed by atoms with E-state index in [2.05, 4.69) is 5.32 Å². The van der Waals surface area contributed by atoms with Crippen LogP contribution in [0.4, 0.5) is 0 Å². The van der Waals surface area contributed by atoms with Crippen LogP contribution < -0.4 is 19.5 Å². The molecule has 2 aromatic rings. The molecule has 0 spiro atoms. The SMILES string of the molecule is COc1cccc(CN(C(=O)CCc2ccc(OC)c(OC)c2)[C@H](C)C(=O)NC2CCCC2)c1. The molecular formula is C27H36N2O5. The minimum atomic E-state index is -0.579. The topological polar surface area (TPSA) is 77.1 Å². The van der Waals surface area contributed by atoms with Crippen LogP contribution in [0.25, 0.3) is 0 Å². The smallest absolute Gasteiger partial charge is 0.242 e. The highest BCUT2D eigenvalue weighted by Crippen LogP contribution is 2.28. The van der Waals surface area contributed by atoms with Crippen LogP contribution in [-0.2, 0) is 22.6 Å². The third-order valence-electron chi connectivity index (χ3n) is 6.43. The van der Waals surface area contributed by atoms with Crippen molar-refractivity contribution in [3.8, 4) is 17.2 Å². The van der Waals surface area contributed by atoms with Gasteiger partial charge < -0.3 is 24.4 Å². The molecule has 34 heavy (non-hydrogen) atoms. The van der Waals surface area contributed by atoms with Crippen molar-refractivity contribution < 1.29 is 23.8 Å². The van der Waals surface area contributed by atoms with Gasteiger partial charge in [-0.05, 0) is 61.6 Å². The maximum absolute atomic E-state index is 13.4. The first-order chi connectivity index (χ1) is 16.4. The Labute approximate surface area is 202 Å². The van der Waals surface area contributed by atoms with E-state index in [9.17, 15) is 9.59 Å². The summed E-state index contributed by atoms with van der Waals surface area (Å²) in [6.07, 6.45) is 5.09. The third-order valence-corrected chi connectivity index (χ3v) is 6.43. The van der Waals surface area contributed by atoms with Gasteiger partial charge in [0.1, 0.15) is 11.8 Å². The summed E-state index contributed by atoms with van der Waals surface area (Å²) in [6.45, 7) is 2.14. The van der Waals surface area contributed by atoms with E-state index in [0.717, 1.165) is 42.6 Å². The standard InChI is InChI=1S/C27H36N2O5/c1-19(27(31)28-22-9-5-6-10-22)29(18-21-8-7-11-23(16-21)32-2)26(30)15-13-20-12-14-24(33-3)25(17-20)34-4/h7-8,11-12,14,16-17,19,22H,5-6,9-10,13,15,18H2,1-4H3,(H,28,31)/t19-/m1/s1. The Bertz CT molecular complexity index is 971. The third kappa shape index (κ3) is 6.65. The lowest BCUT2D eigenvalue weighted by Gasteiger charge is -2.30. The molecule has 0 saturated heterocycles. The van der Waals surface area contributed by atoms with Gasteiger partial charge in [0.2, 0.25) is 11.8 Å². The van der Waals surface area contributed by atoms with Crippen molar-refractivity contribution in [3.63, 3.8) is 0 Å². The zero-order chi connectivity index (χ0) is 24.5. The van der Waals surface area contributed by atoms with Crippen molar-refractivity contribution in [2.24, 2.45) is 0 Å². The molecule has 2 aromatic carbocycles. The van der Waals surface area contributed by atoms with Crippen LogP contribution >= 0.6 is 0 Å². The molecule has 7 nitrogen and oxygen atoms in total. The van der Waals surface area contributed by atoms with Crippen LogP contribution in [0.15, 0.2) is 42.5 Å². The van der Waals surface area contributed by atoms with Crippen LogP contribution in [0.5, 0.6) is 17.2 Å². The summed E-state index contributed by atoms with van der Waals surface area (Å²) in [5.74, 6) is 1.82. The van der Waals surface area contributed by atoms with E-state index in [1.54, 1.807) is 33.2 Å². The molecule has 1 N–H and O–H groups in total. The molecule has 0 heterocycles. The van der Waals surface area contributed by atoms with Crippen molar-refractivity contribution in [3.05, 3.63) is 53.6 Å². The van der Waals surface area contributed by atoms with Crippen molar-refractivity contribution >= 4 is 11.8 Å². The van der Waals surface area contributed by atoms with Crippen LogP contribution in [0.2, 0.25) is 0 Å². The summed E-state index contributed by atoms with van der Waals surface area (Å²) in [5.41, 5.74) is 1.88. The Morgan fingerprint density at radius 3 is 2.38 bits per heavy atom. The molecule has 3 rings (SSSR count). The largest absolute Gasteiger partial charge is 0.497 e. The quantitative estimate of drug-likeness (QED) is 0.537.